The first kappa shape index (κ1) is 16.5. The number of aryl methyl sites for hydroxylation is 3. The van der Waals surface area contributed by atoms with Gasteiger partial charge < -0.3 is 4.42 Å². The van der Waals surface area contributed by atoms with Gasteiger partial charge in [-0.3, -0.25) is 14.9 Å². The zero-order valence-corrected chi connectivity index (χ0v) is 15.4. The molecule has 0 radical (unpaired) electrons. The van der Waals surface area contributed by atoms with E-state index in [0.717, 1.165) is 26.9 Å². The Kier molecular flexibility index (Phi) is 3.85. The number of nitrogens with zero attached hydrogens (tertiary/aromatic N) is 1. The van der Waals surface area contributed by atoms with Crippen LogP contribution in [0.15, 0.2) is 45.6 Å². The minimum Gasteiger partial charge on any atom is -0.451 e. The summed E-state index contributed by atoms with van der Waals surface area (Å²) < 4.78 is 6.66. The molecule has 1 amide bonds. The first-order chi connectivity index (χ1) is 12.4. The fraction of sp³-hybridized carbons (Fsp3) is 0.150. The third kappa shape index (κ3) is 2.88. The topological polar surface area (TPSA) is 72.2 Å². The number of thiazole rings is 1. The Morgan fingerprint density at radius 1 is 1.08 bits per heavy atom. The lowest BCUT2D eigenvalue weighted by atomic mass is 10.1. The second-order valence-electron chi connectivity index (χ2n) is 6.35. The molecule has 0 aliphatic rings. The van der Waals surface area contributed by atoms with Gasteiger partial charge in [0.15, 0.2) is 16.3 Å². The van der Waals surface area contributed by atoms with Gasteiger partial charge in [-0.05, 0) is 61.7 Å². The summed E-state index contributed by atoms with van der Waals surface area (Å²) in [6.45, 7) is 5.87. The summed E-state index contributed by atoms with van der Waals surface area (Å²) in [4.78, 5) is 29.3. The van der Waals surface area contributed by atoms with Crippen molar-refractivity contribution < 1.29 is 9.21 Å². The minimum atomic E-state index is -0.488. The zero-order chi connectivity index (χ0) is 18.4. The van der Waals surface area contributed by atoms with Crippen LogP contribution in [0.1, 0.15) is 27.2 Å². The predicted octanol–water partition coefficient (Wildman–Crippen LogP) is 4.58. The van der Waals surface area contributed by atoms with E-state index < -0.39 is 5.91 Å². The molecule has 1 N–H and O–H groups in total. The molecule has 2 heterocycles. The van der Waals surface area contributed by atoms with Crippen LogP contribution in [-0.4, -0.2) is 10.9 Å². The molecule has 0 aliphatic carbocycles. The molecule has 2 aromatic heterocycles. The monoisotopic (exact) mass is 364 g/mol. The molecule has 0 saturated heterocycles. The van der Waals surface area contributed by atoms with Crippen LogP contribution in [0.5, 0.6) is 0 Å². The number of hydrogen-bond acceptors (Lipinski definition) is 5. The van der Waals surface area contributed by atoms with Crippen molar-refractivity contribution in [2.45, 2.75) is 20.8 Å². The van der Waals surface area contributed by atoms with Crippen LogP contribution in [0, 0.1) is 20.8 Å². The highest BCUT2D eigenvalue weighted by Crippen LogP contribution is 2.27. The highest BCUT2D eigenvalue weighted by atomic mass is 32.1. The molecule has 0 aliphatic heterocycles. The molecule has 4 rings (SSSR count). The van der Waals surface area contributed by atoms with Crippen LogP contribution in [0.4, 0.5) is 5.13 Å². The van der Waals surface area contributed by atoms with Gasteiger partial charge in [0.2, 0.25) is 0 Å². The summed E-state index contributed by atoms with van der Waals surface area (Å²) in [5.41, 5.74) is 4.13. The summed E-state index contributed by atoms with van der Waals surface area (Å²) in [6, 6.07) is 10.7. The molecule has 0 unspecified atom stereocenters. The molecule has 2 aromatic carbocycles. The molecule has 0 saturated carbocycles. The Balaban J connectivity index is 1.71. The highest BCUT2D eigenvalue weighted by molar-refractivity contribution is 7.22. The Bertz CT molecular complexity index is 1240. The fourth-order valence-corrected chi connectivity index (χ4v) is 3.73. The van der Waals surface area contributed by atoms with Gasteiger partial charge in [0, 0.05) is 6.07 Å². The van der Waals surface area contributed by atoms with Gasteiger partial charge in [-0.2, -0.15) is 0 Å². The van der Waals surface area contributed by atoms with Crippen molar-refractivity contribution >= 4 is 43.6 Å². The number of benzene rings is 2. The van der Waals surface area contributed by atoms with Crippen LogP contribution in [0.3, 0.4) is 0 Å². The van der Waals surface area contributed by atoms with E-state index in [4.69, 9.17) is 4.42 Å². The number of fused-ring (bicyclic) bond motifs is 2. The van der Waals surface area contributed by atoms with Gasteiger partial charge in [-0.1, -0.05) is 17.4 Å². The highest BCUT2D eigenvalue weighted by Gasteiger charge is 2.15. The van der Waals surface area contributed by atoms with Crippen molar-refractivity contribution in [2.24, 2.45) is 0 Å². The van der Waals surface area contributed by atoms with Gasteiger partial charge in [0.1, 0.15) is 5.58 Å². The van der Waals surface area contributed by atoms with E-state index >= 15 is 0 Å². The van der Waals surface area contributed by atoms with E-state index in [0.29, 0.717) is 16.1 Å². The van der Waals surface area contributed by atoms with E-state index in [1.165, 1.54) is 17.4 Å². The summed E-state index contributed by atoms with van der Waals surface area (Å²) in [5.74, 6) is -0.515. The van der Waals surface area contributed by atoms with Crippen molar-refractivity contribution in [3.63, 3.8) is 0 Å². The van der Waals surface area contributed by atoms with Crippen molar-refractivity contribution in [1.29, 1.82) is 0 Å². The molecule has 6 heteroatoms. The van der Waals surface area contributed by atoms with Crippen LogP contribution in [-0.2, 0) is 0 Å². The van der Waals surface area contributed by atoms with Gasteiger partial charge in [-0.25, -0.2) is 4.98 Å². The average Bonchev–Trinajstić information content (AvgIpc) is 2.97. The third-order valence-electron chi connectivity index (χ3n) is 4.33. The lowest BCUT2D eigenvalue weighted by molar-refractivity contribution is 0.0997. The number of amides is 1. The zero-order valence-electron chi connectivity index (χ0n) is 14.5. The van der Waals surface area contributed by atoms with E-state index in [-0.39, 0.29) is 11.2 Å². The predicted molar refractivity (Wildman–Crippen MR) is 104 cm³/mol. The lowest BCUT2D eigenvalue weighted by Gasteiger charge is -2.05. The molecule has 4 aromatic rings. The Morgan fingerprint density at radius 3 is 2.65 bits per heavy atom. The number of carbonyl (C=O) groups excluding carboxylic acids is 1. The molecule has 5 nitrogen and oxygen atoms in total. The van der Waals surface area contributed by atoms with E-state index in [1.54, 1.807) is 12.1 Å². The van der Waals surface area contributed by atoms with Gasteiger partial charge in [-0.15, -0.1) is 0 Å². The minimum absolute atomic E-state index is 0.0267. The summed E-state index contributed by atoms with van der Waals surface area (Å²) >= 11 is 1.38. The smallest absolute Gasteiger partial charge is 0.293 e. The van der Waals surface area contributed by atoms with E-state index in [2.05, 4.69) is 10.3 Å². The number of carbonyl (C=O) groups is 1. The largest absolute Gasteiger partial charge is 0.451 e. The summed E-state index contributed by atoms with van der Waals surface area (Å²) in [5, 5.41) is 3.66. The molecular formula is C20H16N2O3S. The third-order valence-corrected chi connectivity index (χ3v) is 5.27. The standard InChI is InChI=1S/C20H16N2O3S/c1-10-4-5-14-18(6-10)26-20(21-14)22-19(24)17-9-15(23)13-7-11(2)12(3)8-16(13)25-17/h4-9H,1-3H3,(H,21,22,24). The average molecular weight is 364 g/mol. The summed E-state index contributed by atoms with van der Waals surface area (Å²) in [6.07, 6.45) is 0. The SMILES string of the molecule is Cc1ccc2nc(NC(=O)c3cc(=O)c4cc(C)c(C)cc4o3)sc2c1. The van der Waals surface area contributed by atoms with Crippen molar-refractivity contribution in [2.75, 3.05) is 5.32 Å². The van der Waals surface area contributed by atoms with Crippen LogP contribution < -0.4 is 10.7 Å². The first-order valence-electron chi connectivity index (χ1n) is 8.14. The summed E-state index contributed by atoms with van der Waals surface area (Å²) in [7, 11) is 0. The van der Waals surface area contributed by atoms with Gasteiger partial charge >= 0.3 is 0 Å². The number of hydrogen-bond donors (Lipinski definition) is 1. The first-order valence-corrected chi connectivity index (χ1v) is 8.96. The second-order valence-corrected chi connectivity index (χ2v) is 7.38. The number of nitrogens with one attached hydrogen (secondary N) is 1. The van der Waals surface area contributed by atoms with E-state index in [1.807, 2.05) is 39.0 Å². The van der Waals surface area contributed by atoms with Crippen LogP contribution in [0.2, 0.25) is 0 Å². The lowest BCUT2D eigenvalue weighted by Crippen LogP contribution is -2.15. The maximum Gasteiger partial charge on any atom is 0.293 e. The Hall–Kier alpha value is -2.99. The maximum absolute atomic E-state index is 12.5. The number of rotatable bonds is 2. The van der Waals surface area contributed by atoms with Crippen molar-refractivity contribution in [1.82, 2.24) is 4.98 Å². The van der Waals surface area contributed by atoms with Crippen LogP contribution >= 0.6 is 11.3 Å². The van der Waals surface area contributed by atoms with Crippen molar-refractivity contribution in [3.8, 4) is 0 Å². The molecule has 26 heavy (non-hydrogen) atoms. The normalized spacial score (nSPS) is 11.2. The quantitative estimate of drug-likeness (QED) is 0.565. The number of aromatic nitrogens is 1. The molecule has 0 fully saturated rings. The fourth-order valence-electron chi connectivity index (χ4n) is 2.77. The van der Waals surface area contributed by atoms with Gasteiger partial charge in [0.25, 0.3) is 5.91 Å². The van der Waals surface area contributed by atoms with Crippen LogP contribution in [0.25, 0.3) is 21.2 Å². The number of anilines is 1. The van der Waals surface area contributed by atoms with Crippen molar-refractivity contribution in [3.05, 3.63) is 69.1 Å². The van der Waals surface area contributed by atoms with E-state index in [9.17, 15) is 9.59 Å². The van der Waals surface area contributed by atoms with Gasteiger partial charge in [0.05, 0.1) is 15.6 Å². The maximum atomic E-state index is 12.5. The molecule has 0 bridgehead atoms. The second kappa shape index (κ2) is 6.07. The molecule has 0 spiro atoms. The molecular weight excluding hydrogens is 348 g/mol. The molecule has 0 atom stereocenters. The Labute approximate surface area is 153 Å². The molecule has 130 valence electrons. The Morgan fingerprint density at radius 2 is 1.85 bits per heavy atom.